The average molecular weight is 1700 g/mol. The van der Waals surface area contributed by atoms with Gasteiger partial charge in [-0.25, -0.2) is 0 Å². The summed E-state index contributed by atoms with van der Waals surface area (Å²) < 4.78 is 9.93. The molecule has 0 fully saturated rings. The van der Waals surface area contributed by atoms with Gasteiger partial charge in [-0.1, -0.05) is 346 Å². The van der Waals surface area contributed by atoms with Gasteiger partial charge in [-0.05, 0) is 183 Å². The number of rotatable bonds is 19. The summed E-state index contributed by atoms with van der Waals surface area (Å²) in [4.78, 5) is 10.0. The summed E-state index contributed by atoms with van der Waals surface area (Å²) in [6.07, 6.45) is 0. The zero-order valence-corrected chi connectivity index (χ0v) is 72.7. The van der Waals surface area contributed by atoms with Gasteiger partial charge < -0.3 is 19.6 Å². The Kier molecular flexibility index (Phi) is 19.4. The van der Waals surface area contributed by atoms with E-state index in [-0.39, 0.29) is 0 Å². The first-order valence-corrected chi connectivity index (χ1v) is 46.7. The number of nitrogens with zero attached hydrogens (tertiary/aromatic N) is 4. The second-order valence-electron chi connectivity index (χ2n) is 32.5. The lowest BCUT2D eigenvalue weighted by Gasteiger charge is -2.31. The third kappa shape index (κ3) is 13.6. The second kappa shape index (κ2) is 32.5. The molecule has 0 saturated heterocycles. The molecule has 4 nitrogen and oxygen atoms in total. The number of anilines is 12. The van der Waals surface area contributed by atoms with Crippen molar-refractivity contribution in [3.05, 3.63) is 473 Å². The van der Waals surface area contributed by atoms with Crippen LogP contribution in [0.2, 0.25) is 0 Å². The summed E-state index contributed by atoms with van der Waals surface area (Å²) in [6, 6.07) is 175. The smallest absolute Gasteiger partial charge is 0.0640 e. The molecule has 0 spiro atoms. The molecular weight excluding hydrogens is 1630 g/mol. The van der Waals surface area contributed by atoms with Crippen LogP contribution in [0.15, 0.2) is 473 Å². The fraction of sp³-hybridized carbons (Fsp3) is 0. The summed E-state index contributed by atoms with van der Waals surface area (Å²) >= 11 is 7.45. The Morgan fingerprint density at radius 2 is 0.367 bits per heavy atom. The molecule has 0 saturated carbocycles. The van der Waals surface area contributed by atoms with Gasteiger partial charge in [0.25, 0.3) is 0 Å². The van der Waals surface area contributed by atoms with Crippen molar-refractivity contribution in [3.63, 3.8) is 0 Å². The van der Waals surface area contributed by atoms with Crippen LogP contribution < -0.4 is 19.6 Å². The summed E-state index contributed by atoms with van der Waals surface area (Å²) in [6.45, 7) is 0. The summed E-state index contributed by atoms with van der Waals surface area (Å²) in [7, 11) is 0. The highest BCUT2D eigenvalue weighted by Crippen LogP contribution is 2.55. The highest BCUT2D eigenvalue weighted by Gasteiger charge is 2.29. The molecule has 128 heavy (non-hydrogen) atoms. The Balaban J connectivity index is 0.614. The molecule has 8 heteroatoms. The van der Waals surface area contributed by atoms with Crippen LogP contribution in [-0.4, -0.2) is 0 Å². The predicted octanol–water partition coefficient (Wildman–Crippen LogP) is 36.7. The van der Waals surface area contributed by atoms with E-state index in [0.29, 0.717) is 0 Å². The van der Waals surface area contributed by atoms with E-state index in [1.165, 1.54) is 86.3 Å². The number of benzene rings is 20. The van der Waals surface area contributed by atoms with Gasteiger partial charge in [0.05, 0.1) is 64.3 Å². The van der Waals surface area contributed by atoms with E-state index in [4.69, 9.17) is 0 Å². The summed E-state index contributed by atoms with van der Waals surface area (Å²) in [5.74, 6) is 0. The number of para-hydroxylation sites is 4. The zero-order chi connectivity index (χ0) is 84.5. The minimum absolute atomic E-state index is 1.05. The Morgan fingerprint density at radius 1 is 0.125 bits per heavy atom. The van der Waals surface area contributed by atoms with Gasteiger partial charge in [-0.15, -0.1) is 45.3 Å². The lowest BCUT2D eigenvalue weighted by atomic mass is 9.97. The van der Waals surface area contributed by atoms with Gasteiger partial charge in [0, 0.05) is 107 Å². The van der Waals surface area contributed by atoms with E-state index in [9.17, 15) is 0 Å². The monoisotopic (exact) mass is 1700 g/mol. The molecule has 4 heterocycles. The third-order valence-corrected chi connectivity index (χ3v) is 29.8. The molecular formula is C120H78N4S4. The van der Waals surface area contributed by atoms with Gasteiger partial charge in [0.1, 0.15) is 0 Å². The van der Waals surface area contributed by atoms with Crippen LogP contribution in [0.4, 0.5) is 68.2 Å². The third-order valence-electron chi connectivity index (χ3n) is 25.0. The molecule has 20 aromatic carbocycles. The average Bonchev–Trinajstić information content (AvgIpc) is 1.20. The topological polar surface area (TPSA) is 13.0 Å². The normalized spacial score (nSPS) is 11.6. The van der Waals surface area contributed by atoms with Crippen molar-refractivity contribution in [1.82, 2.24) is 0 Å². The molecule has 24 rings (SSSR count). The Morgan fingerprint density at radius 3 is 0.781 bits per heavy atom. The molecule has 0 bridgehead atoms. The Hall–Kier alpha value is -15.5. The molecule has 0 aliphatic heterocycles. The van der Waals surface area contributed by atoms with Crippen molar-refractivity contribution >= 4 is 194 Å². The minimum Gasteiger partial charge on any atom is -0.309 e. The fourth-order valence-electron chi connectivity index (χ4n) is 19.2. The first-order chi connectivity index (χ1) is 63.5. The maximum atomic E-state index is 2.54. The van der Waals surface area contributed by atoms with Crippen LogP contribution in [0.5, 0.6) is 0 Å². The quantitative estimate of drug-likeness (QED) is 0.0800. The molecule has 0 aliphatic carbocycles. The lowest BCUT2D eigenvalue weighted by molar-refractivity contribution is 1.29. The number of thiophene rings is 4. The van der Waals surface area contributed by atoms with Gasteiger partial charge in [0.2, 0.25) is 0 Å². The molecule has 0 amide bonds. The Labute approximate surface area is 758 Å². The molecule has 4 aromatic heterocycles. The van der Waals surface area contributed by atoms with Crippen molar-refractivity contribution in [2.45, 2.75) is 0 Å². The molecule has 0 N–H and O–H groups in total. The summed E-state index contributed by atoms with van der Waals surface area (Å²) in [5, 5.41) is 9.97. The molecule has 0 radical (unpaired) electrons. The van der Waals surface area contributed by atoms with Crippen molar-refractivity contribution in [2.24, 2.45) is 0 Å². The van der Waals surface area contributed by atoms with Crippen molar-refractivity contribution in [3.8, 4) is 77.9 Å². The van der Waals surface area contributed by atoms with Gasteiger partial charge in [0.15, 0.2) is 0 Å². The predicted molar refractivity (Wildman–Crippen MR) is 555 cm³/mol. The van der Waals surface area contributed by atoms with E-state index in [2.05, 4.69) is 493 Å². The largest absolute Gasteiger partial charge is 0.309 e. The SMILES string of the molecule is c1ccc(-c2cccc(N(c3ccccc3-c3cccc(N(c4cccc(-c5cccc(-c6ccc7c(c6)sc6c(N(c8ccccc8-c8ccccc8)c8ccccc8-c8cccc(N(c9ccccc9-c9ccccc9)c9cccc%10c9sc9ccccc9%10)c8)cccc67)c5)c4)c4cccc5c4sc4ccccc45)c3)c3cccc4c3sc3ccccc34)c2)cc1. The minimum atomic E-state index is 1.05. The number of hydrogen-bond acceptors (Lipinski definition) is 8. The van der Waals surface area contributed by atoms with Crippen molar-refractivity contribution < 1.29 is 0 Å². The van der Waals surface area contributed by atoms with Crippen molar-refractivity contribution in [2.75, 3.05) is 19.6 Å². The van der Waals surface area contributed by atoms with E-state index >= 15 is 0 Å². The van der Waals surface area contributed by atoms with Gasteiger partial charge in [-0.2, -0.15) is 0 Å². The highest BCUT2D eigenvalue weighted by atomic mass is 32.1. The van der Waals surface area contributed by atoms with Crippen LogP contribution in [0.25, 0.3) is 159 Å². The first-order valence-electron chi connectivity index (χ1n) is 43.4. The van der Waals surface area contributed by atoms with E-state index < -0.39 is 0 Å². The van der Waals surface area contributed by atoms with E-state index in [0.717, 1.165) is 141 Å². The lowest BCUT2D eigenvalue weighted by Crippen LogP contribution is -2.13. The summed E-state index contributed by atoms with van der Waals surface area (Å²) in [5.41, 5.74) is 29.0. The van der Waals surface area contributed by atoms with Crippen LogP contribution in [-0.2, 0) is 0 Å². The van der Waals surface area contributed by atoms with Gasteiger partial charge in [-0.3, -0.25) is 0 Å². The molecule has 0 aliphatic rings. The molecule has 0 atom stereocenters. The molecule has 602 valence electrons. The van der Waals surface area contributed by atoms with Crippen LogP contribution in [0.1, 0.15) is 0 Å². The number of fused-ring (bicyclic) bond motifs is 12. The van der Waals surface area contributed by atoms with Crippen LogP contribution in [0, 0.1) is 0 Å². The zero-order valence-electron chi connectivity index (χ0n) is 69.5. The molecule has 24 aromatic rings. The Bertz CT molecular complexity index is 8390. The van der Waals surface area contributed by atoms with Crippen molar-refractivity contribution in [1.29, 1.82) is 0 Å². The van der Waals surface area contributed by atoms with Crippen LogP contribution in [0.3, 0.4) is 0 Å². The molecule has 0 unspecified atom stereocenters. The number of hydrogen-bond donors (Lipinski definition) is 0. The standard InChI is InChI=1S/C120H78N4S4/c1-4-33-79(34-5-1)84-41-25-47-91(74-84)122(110-65-30-57-102-98-54-15-22-69-114(98)126-118(102)110)106-61-18-12-51-95(106)87-43-27-46-90(76-87)121(109-64-29-56-101-97-53-14-21-68-113(97)125-117(101)109)89-45-26-42-85(75-89)82-39-24-40-83(73-82)86-71-72-100-104-59-32-67-112(120(104)128-116(100)78-86)124(107-62-19-11-50-94(107)81-37-8-3-9-38-81)108-63-20-13-52-96(108)88-44-28-48-92(77-88)123(105-60-17-10-49-93(105)80-35-6-2-7-36-80)111-66-31-58-103-99-55-16-23-70-115(99)127-119(103)111/h1-78H. The highest BCUT2D eigenvalue weighted by molar-refractivity contribution is 7.27. The van der Waals surface area contributed by atoms with E-state index in [1.807, 2.05) is 45.3 Å². The van der Waals surface area contributed by atoms with Gasteiger partial charge >= 0.3 is 0 Å². The second-order valence-corrected chi connectivity index (χ2v) is 36.7. The maximum Gasteiger partial charge on any atom is 0.0640 e. The first kappa shape index (κ1) is 76.2. The maximum absolute atomic E-state index is 2.54. The fourth-order valence-corrected chi connectivity index (χ4v) is 24.0. The van der Waals surface area contributed by atoms with E-state index in [1.54, 1.807) is 0 Å². The van der Waals surface area contributed by atoms with Crippen LogP contribution >= 0.6 is 45.3 Å².